The lowest BCUT2D eigenvalue weighted by molar-refractivity contribution is 0.353. The second kappa shape index (κ2) is 4.99. The molecule has 0 saturated carbocycles. The Morgan fingerprint density at radius 3 is 2.63 bits per heavy atom. The maximum absolute atomic E-state index is 3.25. The predicted octanol–water partition coefficient (Wildman–Crippen LogP) is 2.37. The van der Waals surface area contributed by atoms with E-state index in [9.17, 15) is 0 Å². The highest BCUT2D eigenvalue weighted by Gasteiger charge is 2.18. The van der Waals surface area contributed by atoms with Crippen molar-refractivity contribution >= 4 is 10.9 Å². The van der Waals surface area contributed by atoms with Gasteiger partial charge in [0.25, 0.3) is 0 Å². The Bertz CT molecular complexity index is 598. The molecule has 19 heavy (non-hydrogen) atoms. The summed E-state index contributed by atoms with van der Waals surface area (Å²) >= 11 is 0. The van der Waals surface area contributed by atoms with E-state index in [1.165, 1.54) is 27.6 Å². The smallest absolute Gasteiger partial charge is 0.0486 e. The van der Waals surface area contributed by atoms with Gasteiger partial charge in [-0.2, -0.15) is 0 Å². The van der Waals surface area contributed by atoms with Crippen LogP contribution in [0.4, 0.5) is 0 Å². The van der Waals surface area contributed by atoms with E-state index >= 15 is 0 Å². The largest absolute Gasteiger partial charge is 0.347 e. The van der Waals surface area contributed by atoms with E-state index in [4.69, 9.17) is 0 Å². The molecule has 2 heterocycles. The van der Waals surface area contributed by atoms with Crippen molar-refractivity contribution in [2.24, 2.45) is 0 Å². The zero-order valence-electron chi connectivity index (χ0n) is 12.2. The maximum Gasteiger partial charge on any atom is 0.0486 e. The molecule has 1 aliphatic heterocycles. The molecule has 1 aromatic carbocycles. The molecule has 0 radical (unpaired) electrons. The summed E-state index contributed by atoms with van der Waals surface area (Å²) in [5.74, 6) is 0. The standard InChI is InChI=1S/C16H23N3/c1-4-19-11-12(5-6-17-2)15-7-13-9-18(3)10-14(13)8-16(15)19/h7-8,11,17H,4-6,9-10H2,1-3H3. The molecular weight excluding hydrogens is 234 g/mol. The first-order chi connectivity index (χ1) is 9.22. The van der Waals surface area contributed by atoms with E-state index in [2.05, 4.69) is 47.1 Å². The Morgan fingerprint density at radius 2 is 1.95 bits per heavy atom. The first-order valence-electron chi connectivity index (χ1n) is 7.19. The third kappa shape index (κ3) is 2.17. The number of aryl methyl sites for hydroxylation is 1. The minimum absolute atomic E-state index is 1.04. The molecule has 0 saturated heterocycles. The molecule has 0 aliphatic carbocycles. The number of hydrogen-bond donors (Lipinski definition) is 1. The Kier molecular flexibility index (Phi) is 3.33. The highest BCUT2D eigenvalue weighted by atomic mass is 15.1. The van der Waals surface area contributed by atoms with E-state index in [1.54, 1.807) is 0 Å². The number of benzene rings is 1. The maximum atomic E-state index is 3.25. The van der Waals surface area contributed by atoms with E-state index in [0.29, 0.717) is 0 Å². The van der Waals surface area contributed by atoms with E-state index in [-0.39, 0.29) is 0 Å². The van der Waals surface area contributed by atoms with Crippen LogP contribution in [0.2, 0.25) is 0 Å². The average Bonchev–Trinajstić information content (AvgIpc) is 2.92. The highest BCUT2D eigenvalue weighted by Crippen LogP contribution is 2.30. The van der Waals surface area contributed by atoms with Gasteiger partial charge in [0.05, 0.1) is 0 Å². The van der Waals surface area contributed by atoms with Crippen molar-refractivity contribution in [1.29, 1.82) is 0 Å². The molecule has 3 heteroatoms. The lowest BCUT2D eigenvalue weighted by atomic mass is 10.0. The number of nitrogens with zero attached hydrogens (tertiary/aromatic N) is 2. The van der Waals surface area contributed by atoms with Crippen molar-refractivity contribution in [3.8, 4) is 0 Å². The van der Waals surface area contributed by atoms with Gasteiger partial charge < -0.3 is 9.88 Å². The first-order valence-corrected chi connectivity index (χ1v) is 7.19. The number of hydrogen-bond acceptors (Lipinski definition) is 2. The van der Waals surface area contributed by atoms with Crippen LogP contribution in [-0.2, 0) is 26.1 Å². The van der Waals surface area contributed by atoms with Crippen molar-refractivity contribution in [2.45, 2.75) is 33.0 Å². The quantitative estimate of drug-likeness (QED) is 0.907. The topological polar surface area (TPSA) is 20.2 Å². The number of nitrogens with one attached hydrogen (secondary N) is 1. The fourth-order valence-corrected chi connectivity index (χ4v) is 3.15. The minimum Gasteiger partial charge on any atom is -0.347 e. The lowest BCUT2D eigenvalue weighted by Crippen LogP contribution is -2.10. The molecule has 3 nitrogen and oxygen atoms in total. The summed E-state index contributed by atoms with van der Waals surface area (Å²) in [7, 11) is 4.21. The monoisotopic (exact) mass is 257 g/mol. The van der Waals surface area contributed by atoms with Gasteiger partial charge in [-0.05, 0) is 62.8 Å². The van der Waals surface area contributed by atoms with Crippen LogP contribution in [0.5, 0.6) is 0 Å². The van der Waals surface area contributed by atoms with Gasteiger partial charge in [0.15, 0.2) is 0 Å². The fraction of sp³-hybridized carbons (Fsp3) is 0.500. The van der Waals surface area contributed by atoms with Crippen LogP contribution < -0.4 is 5.32 Å². The summed E-state index contributed by atoms with van der Waals surface area (Å²) < 4.78 is 2.39. The van der Waals surface area contributed by atoms with E-state index in [0.717, 1.165) is 32.6 Å². The van der Waals surface area contributed by atoms with Crippen LogP contribution in [0.1, 0.15) is 23.6 Å². The predicted molar refractivity (Wildman–Crippen MR) is 80.4 cm³/mol. The average molecular weight is 257 g/mol. The molecule has 1 aromatic heterocycles. The van der Waals surface area contributed by atoms with Crippen molar-refractivity contribution in [3.05, 3.63) is 35.0 Å². The Morgan fingerprint density at radius 1 is 1.21 bits per heavy atom. The molecule has 3 rings (SSSR count). The molecule has 2 aromatic rings. The Labute approximate surface area is 115 Å². The molecular formula is C16H23N3. The lowest BCUT2D eigenvalue weighted by Gasteiger charge is -2.03. The molecule has 102 valence electrons. The number of likely N-dealkylation sites (N-methyl/N-ethyl adjacent to an activating group) is 1. The van der Waals surface area contributed by atoms with Gasteiger partial charge in [-0.3, -0.25) is 4.90 Å². The molecule has 0 unspecified atom stereocenters. The van der Waals surface area contributed by atoms with Gasteiger partial charge in [-0.15, -0.1) is 0 Å². The van der Waals surface area contributed by atoms with Crippen LogP contribution in [0.3, 0.4) is 0 Å². The van der Waals surface area contributed by atoms with E-state index < -0.39 is 0 Å². The normalized spacial score (nSPS) is 15.3. The van der Waals surface area contributed by atoms with Crippen LogP contribution in [0.25, 0.3) is 10.9 Å². The van der Waals surface area contributed by atoms with Gasteiger partial charge in [0.1, 0.15) is 0 Å². The van der Waals surface area contributed by atoms with Crippen LogP contribution >= 0.6 is 0 Å². The van der Waals surface area contributed by atoms with Gasteiger partial charge in [-0.25, -0.2) is 0 Å². The number of rotatable bonds is 4. The zero-order chi connectivity index (χ0) is 13.4. The van der Waals surface area contributed by atoms with Crippen LogP contribution in [0.15, 0.2) is 18.3 Å². The highest BCUT2D eigenvalue weighted by molar-refractivity contribution is 5.86. The minimum atomic E-state index is 1.04. The van der Waals surface area contributed by atoms with Crippen LogP contribution in [0, 0.1) is 0 Å². The summed E-state index contributed by atoms with van der Waals surface area (Å²) in [6.07, 6.45) is 3.44. The third-order valence-corrected chi connectivity index (χ3v) is 4.15. The van der Waals surface area contributed by atoms with Crippen molar-refractivity contribution in [2.75, 3.05) is 20.6 Å². The molecule has 0 bridgehead atoms. The van der Waals surface area contributed by atoms with Crippen molar-refractivity contribution < 1.29 is 0 Å². The summed E-state index contributed by atoms with van der Waals surface area (Å²) in [5, 5.41) is 4.70. The zero-order valence-corrected chi connectivity index (χ0v) is 12.2. The second-order valence-corrected chi connectivity index (χ2v) is 5.60. The summed E-state index contributed by atoms with van der Waals surface area (Å²) in [5.41, 5.74) is 5.89. The Hall–Kier alpha value is -1.32. The Balaban J connectivity index is 2.10. The van der Waals surface area contributed by atoms with Crippen molar-refractivity contribution in [1.82, 2.24) is 14.8 Å². The number of fused-ring (bicyclic) bond motifs is 2. The first kappa shape index (κ1) is 12.7. The van der Waals surface area contributed by atoms with Gasteiger partial charge >= 0.3 is 0 Å². The summed E-state index contributed by atoms with van der Waals surface area (Å²) in [6.45, 7) is 6.49. The summed E-state index contributed by atoms with van der Waals surface area (Å²) in [6, 6.07) is 4.83. The number of aromatic nitrogens is 1. The summed E-state index contributed by atoms with van der Waals surface area (Å²) in [4.78, 5) is 2.38. The third-order valence-electron chi connectivity index (χ3n) is 4.15. The molecule has 0 fully saturated rings. The molecule has 1 N–H and O–H groups in total. The van der Waals surface area contributed by atoms with Gasteiger partial charge in [0.2, 0.25) is 0 Å². The molecule has 0 atom stereocenters. The molecule has 0 amide bonds. The van der Waals surface area contributed by atoms with Gasteiger partial charge in [0, 0.05) is 36.7 Å². The fourth-order valence-electron chi connectivity index (χ4n) is 3.15. The SMILES string of the molecule is CCn1cc(CCNC)c2cc3c(cc21)CN(C)C3. The molecule has 1 aliphatic rings. The van der Waals surface area contributed by atoms with Gasteiger partial charge in [-0.1, -0.05) is 0 Å². The molecule has 0 spiro atoms. The van der Waals surface area contributed by atoms with E-state index in [1.807, 2.05) is 7.05 Å². The van der Waals surface area contributed by atoms with Crippen molar-refractivity contribution in [3.63, 3.8) is 0 Å². The second-order valence-electron chi connectivity index (χ2n) is 5.60. The van der Waals surface area contributed by atoms with Crippen LogP contribution in [-0.4, -0.2) is 30.1 Å².